The molecule has 1 N–H and O–H groups in total. The molecule has 0 atom stereocenters. The van der Waals surface area contributed by atoms with Crippen LogP contribution < -0.4 is 10.9 Å². The second-order valence-corrected chi connectivity index (χ2v) is 6.91. The monoisotopic (exact) mass is 414 g/mol. The van der Waals surface area contributed by atoms with Crippen LogP contribution in [0.25, 0.3) is 11.3 Å². The van der Waals surface area contributed by atoms with E-state index in [1.165, 1.54) is 56.3 Å². The highest BCUT2D eigenvalue weighted by Gasteiger charge is 2.33. The molecule has 1 heterocycles. The summed E-state index contributed by atoms with van der Waals surface area (Å²) in [6.07, 6.45) is 0. The van der Waals surface area contributed by atoms with Crippen LogP contribution in [0.3, 0.4) is 0 Å². The van der Waals surface area contributed by atoms with Crippen LogP contribution in [0.1, 0.15) is 13.8 Å². The summed E-state index contributed by atoms with van der Waals surface area (Å²) in [5.41, 5.74) is -1.99. The Morgan fingerprint density at radius 3 is 2.40 bits per heavy atom. The van der Waals surface area contributed by atoms with Gasteiger partial charge in [0.15, 0.2) is 0 Å². The van der Waals surface area contributed by atoms with Crippen molar-refractivity contribution in [2.75, 3.05) is 5.32 Å². The average molecular weight is 414 g/mol. The summed E-state index contributed by atoms with van der Waals surface area (Å²) < 4.78 is 27.6. The Balaban J connectivity index is 1.94. The number of nitrogens with zero attached hydrogens (tertiary/aromatic N) is 3. The lowest BCUT2D eigenvalue weighted by Crippen LogP contribution is -2.47. The first-order chi connectivity index (χ1) is 14.1. The standard InChI is InChI=1S/C20H16F2N4O4/c1-20(2,19(28)23-14-7-8-15(22)17(11-14)26(29)30)25-18(27)10-9-16(24-25)12-3-5-13(21)6-4-12/h3-11H,1-2H3,(H,23,28). The Morgan fingerprint density at radius 2 is 1.77 bits per heavy atom. The Kier molecular flexibility index (Phi) is 5.41. The van der Waals surface area contributed by atoms with Gasteiger partial charge in [-0.3, -0.25) is 19.7 Å². The number of carbonyl (C=O) groups is 1. The molecule has 0 bridgehead atoms. The summed E-state index contributed by atoms with van der Waals surface area (Å²) in [4.78, 5) is 35.2. The fraction of sp³-hybridized carbons (Fsp3) is 0.150. The van der Waals surface area contributed by atoms with Crippen molar-refractivity contribution in [2.24, 2.45) is 0 Å². The van der Waals surface area contributed by atoms with Crippen LogP contribution in [0.15, 0.2) is 59.4 Å². The number of halogens is 2. The minimum Gasteiger partial charge on any atom is -0.324 e. The van der Waals surface area contributed by atoms with Crippen LogP contribution in [-0.2, 0) is 10.3 Å². The number of benzene rings is 2. The minimum atomic E-state index is -1.50. The van der Waals surface area contributed by atoms with E-state index < -0.39 is 39.3 Å². The molecule has 0 aliphatic rings. The van der Waals surface area contributed by atoms with Crippen molar-refractivity contribution in [3.05, 3.63) is 86.7 Å². The minimum absolute atomic E-state index is 0.0103. The van der Waals surface area contributed by atoms with Gasteiger partial charge in [-0.15, -0.1) is 0 Å². The van der Waals surface area contributed by atoms with Crippen LogP contribution in [0.4, 0.5) is 20.2 Å². The van der Waals surface area contributed by atoms with Crippen molar-refractivity contribution in [3.8, 4) is 11.3 Å². The van der Waals surface area contributed by atoms with Gasteiger partial charge >= 0.3 is 5.69 Å². The number of nitrogens with one attached hydrogen (secondary N) is 1. The SMILES string of the molecule is CC(C)(C(=O)Nc1ccc(F)c([N+](=O)[O-])c1)n1nc(-c2ccc(F)cc2)ccc1=O. The first kappa shape index (κ1) is 20.8. The van der Waals surface area contributed by atoms with Crippen molar-refractivity contribution in [1.29, 1.82) is 0 Å². The molecule has 0 radical (unpaired) electrons. The number of hydrogen-bond acceptors (Lipinski definition) is 5. The van der Waals surface area contributed by atoms with E-state index in [4.69, 9.17) is 0 Å². The molecule has 0 aliphatic carbocycles. The van der Waals surface area contributed by atoms with Crippen molar-refractivity contribution in [3.63, 3.8) is 0 Å². The molecule has 0 saturated heterocycles. The third-order valence-corrected chi connectivity index (χ3v) is 4.43. The van der Waals surface area contributed by atoms with E-state index in [9.17, 15) is 28.5 Å². The number of amides is 1. The molecular weight excluding hydrogens is 398 g/mol. The smallest absolute Gasteiger partial charge is 0.306 e. The van der Waals surface area contributed by atoms with Crippen molar-refractivity contribution in [2.45, 2.75) is 19.4 Å². The predicted octanol–water partition coefficient (Wildman–Crippen LogP) is 3.47. The maximum Gasteiger partial charge on any atom is 0.306 e. The molecule has 0 unspecified atom stereocenters. The Labute approximate surface area is 168 Å². The number of nitro benzene ring substituents is 1. The van der Waals surface area contributed by atoms with Gasteiger partial charge in [0.05, 0.1) is 10.6 Å². The lowest BCUT2D eigenvalue weighted by atomic mass is 10.0. The van der Waals surface area contributed by atoms with Gasteiger partial charge in [-0.1, -0.05) is 0 Å². The summed E-state index contributed by atoms with van der Waals surface area (Å²) in [5, 5.41) is 17.5. The van der Waals surface area contributed by atoms with Gasteiger partial charge in [0.2, 0.25) is 5.82 Å². The third-order valence-electron chi connectivity index (χ3n) is 4.43. The van der Waals surface area contributed by atoms with Gasteiger partial charge in [-0.25, -0.2) is 9.07 Å². The maximum absolute atomic E-state index is 13.5. The van der Waals surface area contributed by atoms with Gasteiger partial charge < -0.3 is 5.32 Å². The number of anilines is 1. The molecule has 0 saturated carbocycles. The molecule has 8 nitrogen and oxygen atoms in total. The fourth-order valence-electron chi connectivity index (χ4n) is 2.70. The molecule has 3 rings (SSSR count). The van der Waals surface area contributed by atoms with E-state index in [1.807, 2.05) is 0 Å². The number of carbonyl (C=O) groups excluding carboxylic acids is 1. The van der Waals surface area contributed by atoms with E-state index in [2.05, 4.69) is 10.4 Å². The van der Waals surface area contributed by atoms with Crippen LogP contribution in [0, 0.1) is 21.7 Å². The van der Waals surface area contributed by atoms with Crippen molar-refractivity contribution < 1.29 is 18.5 Å². The lowest BCUT2D eigenvalue weighted by Gasteiger charge is -2.25. The Bertz CT molecular complexity index is 1190. The van der Waals surface area contributed by atoms with Gasteiger partial charge in [-0.2, -0.15) is 9.49 Å². The quantitative estimate of drug-likeness (QED) is 0.508. The molecule has 154 valence electrons. The van der Waals surface area contributed by atoms with Crippen molar-refractivity contribution >= 4 is 17.3 Å². The van der Waals surface area contributed by atoms with Crippen LogP contribution in [-0.4, -0.2) is 20.6 Å². The van der Waals surface area contributed by atoms with Crippen LogP contribution in [0.2, 0.25) is 0 Å². The largest absolute Gasteiger partial charge is 0.324 e. The molecule has 10 heteroatoms. The highest BCUT2D eigenvalue weighted by molar-refractivity contribution is 5.96. The first-order valence-corrected chi connectivity index (χ1v) is 8.72. The van der Waals surface area contributed by atoms with Gasteiger partial charge in [0.1, 0.15) is 11.4 Å². The predicted molar refractivity (Wildman–Crippen MR) is 105 cm³/mol. The zero-order valence-corrected chi connectivity index (χ0v) is 15.9. The molecular formula is C20H16F2N4O4. The lowest BCUT2D eigenvalue weighted by molar-refractivity contribution is -0.387. The van der Waals surface area contributed by atoms with E-state index in [0.29, 0.717) is 11.3 Å². The van der Waals surface area contributed by atoms with E-state index in [0.717, 1.165) is 16.8 Å². The second kappa shape index (κ2) is 7.82. The van der Waals surface area contributed by atoms with E-state index >= 15 is 0 Å². The number of hydrogen-bond donors (Lipinski definition) is 1. The third kappa shape index (κ3) is 4.07. The summed E-state index contributed by atoms with van der Waals surface area (Å²) in [7, 11) is 0. The van der Waals surface area contributed by atoms with Crippen LogP contribution >= 0.6 is 0 Å². The molecule has 30 heavy (non-hydrogen) atoms. The Hall–Kier alpha value is -3.95. The summed E-state index contributed by atoms with van der Waals surface area (Å²) in [5.74, 6) is -2.17. The van der Waals surface area contributed by atoms with E-state index in [-0.39, 0.29) is 5.69 Å². The number of nitro groups is 1. The zero-order chi connectivity index (χ0) is 22.1. The second-order valence-electron chi connectivity index (χ2n) is 6.91. The Morgan fingerprint density at radius 1 is 1.10 bits per heavy atom. The molecule has 0 spiro atoms. The molecule has 1 aromatic heterocycles. The summed E-state index contributed by atoms with van der Waals surface area (Å²) in [6, 6.07) is 11.0. The van der Waals surface area contributed by atoms with Gasteiger partial charge in [0, 0.05) is 23.4 Å². The topological polar surface area (TPSA) is 107 Å². The number of rotatable bonds is 5. The molecule has 3 aromatic rings. The fourth-order valence-corrected chi connectivity index (χ4v) is 2.70. The average Bonchev–Trinajstić information content (AvgIpc) is 2.70. The van der Waals surface area contributed by atoms with Crippen LogP contribution in [0.5, 0.6) is 0 Å². The molecule has 0 aliphatic heterocycles. The van der Waals surface area contributed by atoms with Gasteiger partial charge in [0.25, 0.3) is 11.5 Å². The summed E-state index contributed by atoms with van der Waals surface area (Å²) in [6.45, 7) is 2.87. The normalized spacial score (nSPS) is 11.2. The van der Waals surface area contributed by atoms with E-state index in [1.54, 1.807) is 0 Å². The highest BCUT2D eigenvalue weighted by atomic mass is 19.1. The first-order valence-electron chi connectivity index (χ1n) is 8.72. The molecule has 2 aromatic carbocycles. The number of aromatic nitrogens is 2. The summed E-state index contributed by atoms with van der Waals surface area (Å²) >= 11 is 0. The maximum atomic E-state index is 13.5. The molecule has 1 amide bonds. The highest BCUT2D eigenvalue weighted by Crippen LogP contribution is 2.24. The zero-order valence-electron chi connectivity index (χ0n) is 15.9. The molecule has 0 fully saturated rings. The van der Waals surface area contributed by atoms with Gasteiger partial charge in [-0.05, 0) is 56.3 Å². The van der Waals surface area contributed by atoms with Crippen molar-refractivity contribution in [1.82, 2.24) is 9.78 Å².